The maximum atomic E-state index is 6.16. The smallest absolute Gasteiger partial charge is 0.0678 e. The first-order chi connectivity index (χ1) is 8.84. The van der Waals surface area contributed by atoms with Gasteiger partial charge >= 0.3 is 0 Å². The van der Waals surface area contributed by atoms with Crippen LogP contribution in [0.15, 0.2) is 24.5 Å². The lowest BCUT2D eigenvalue weighted by molar-refractivity contribution is -0.0776. The third kappa shape index (κ3) is 3.32. The van der Waals surface area contributed by atoms with Crippen LogP contribution in [0, 0.1) is 5.92 Å². The van der Waals surface area contributed by atoms with Gasteiger partial charge in [-0.3, -0.25) is 16.3 Å². The molecule has 3 N–H and O–H groups in total. The highest BCUT2D eigenvalue weighted by atomic mass is 16.5. The van der Waals surface area contributed by atoms with Gasteiger partial charge in [0.15, 0.2) is 0 Å². The molecule has 2 rings (SSSR count). The summed E-state index contributed by atoms with van der Waals surface area (Å²) in [5.41, 5.74) is 3.99. The zero-order chi connectivity index (χ0) is 14.1. The Balaban J connectivity index is 2.14. The molecule has 19 heavy (non-hydrogen) atoms. The topological polar surface area (TPSA) is 60.2 Å². The molecule has 1 aliphatic heterocycles. The van der Waals surface area contributed by atoms with Crippen molar-refractivity contribution in [2.75, 3.05) is 0 Å². The fourth-order valence-corrected chi connectivity index (χ4v) is 3.32. The predicted octanol–water partition coefficient (Wildman–Crippen LogP) is 2.05. The largest absolute Gasteiger partial charge is 0.369 e. The minimum Gasteiger partial charge on any atom is -0.369 e. The first-order valence-corrected chi connectivity index (χ1v) is 6.89. The van der Waals surface area contributed by atoms with Gasteiger partial charge in [-0.1, -0.05) is 0 Å². The summed E-state index contributed by atoms with van der Waals surface area (Å²) >= 11 is 0. The number of hydrazine groups is 1. The first-order valence-electron chi connectivity index (χ1n) is 6.89. The summed E-state index contributed by atoms with van der Waals surface area (Å²) in [4.78, 5) is 4.05. The van der Waals surface area contributed by atoms with Crippen LogP contribution in [0.2, 0.25) is 0 Å². The number of hydrogen-bond acceptors (Lipinski definition) is 4. The Morgan fingerprint density at radius 2 is 2.00 bits per heavy atom. The normalized spacial score (nSPS) is 26.3. The van der Waals surface area contributed by atoms with Crippen LogP contribution >= 0.6 is 0 Å². The molecule has 2 atom stereocenters. The summed E-state index contributed by atoms with van der Waals surface area (Å²) < 4.78 is 6.16. The van der Waals surface area contributed by atoms with Crippen molar-refractivity contribution >= 4 is 0 Å². The molecule has 1 aromatic heterocycles. The average Bonchev–Trinajstić information content (AvgIpc) is 2.55. The highest BCUT2D eigenvalue weighted by Gasteiger charge is 2.48. The van der Waals surface area contributed by atoms with E-state index in [9.17, 15) is 0 Å². The van der Waals surface area contributed by atoms with Crippen molar-refractivity contribution in [3.8, 4) is 0 Å². The van der Waals surface area contributed by atoms with E-state index in [2.05, 4.69) is 38.1 Å². The SMILES string of the molecule is CC1(C)CC(C(Cc2ccncc2)NN)C(C)(C)O1. The number of aromatic nitrogens is 1. The average molecular weight is 263 g/mol. The molecule has 0 aliphatic carbocycles. The van der Waals surface area contributed by atoms with E-state index in [1.54, 1.807) is 0 Å². The number of nitrogens with one attached hydrogen (secondary N) is 1. The monoisotopic (exact) mass is 263 g/mol. The number of pyridine rings is 1. The fraction of sp³-hybridized carbons (Fsp3) is 0.667. The van der Waals surface area contributed by atoms with Crippen molar-refractivity contribution in [3.63, 3.8) is 0 Å². The number of rotatable bonds is 4. The lowest BCUT2D eigenvalue weighted by Crippen LogP contribution is -2.48. The predicted molar refractivity (Wildman–Crippen MR) is 76.4 cm³/mol. The van der Waals surface area contributed by atoms with Crippen molar-refractivity contribution in [2.24, 2.45) is 11.8 Å². The fourth-order valence-electron chi connectivity index (χ4n) is 3.32. The Labute approximate surface area is 115 Å². The molecule has 0 radical (unpaired) electrons. The van der Waals surface area contributed by atoms with Gasteiger partial charge in [0.2, 0.25) is 0 Å². The molecule has 2 unspecified atom stereocenters. The second-order valence-electron chi connectivity index (χ2n) is 6.61. The second-order valence-corrected chi connectivity index (χ2v) is 6.61. The minimum atomic E-state index is -0.159. The molecule has 1 aliphatic rings. The van der Waals surface area contributed by atoms with Gasteiger partial charge in [0.1, 0.15) is 0 Å². The maximum Gasteiger partial charge on any atom is 0.0678 e. The van der Waals surface area contributed by atoms with Crippen LogP contribution in [0.5, 0.6) is 0 Å². The number of ether oxygens (including phenoxy) is 1. The molecule has 0 aromatic carbocycles. The van der Waals surface area contributed by atoms with Gasteiger partial charge < -0.3 is 4.74 Å². The molecule has 0 amide bonds. The Morgan fingerprint density at radius 3 is 2.47 bits per heavy atom. The van der Waals surface area contributed by atoms with E-state index in [0.717, 1.165) is 12.8 Å². The van der Waals surface area contributed by atoms with Crippen LogP contribution in [-0.2, 0) is 11.2 Å². The van der Waals surface area contributed by atoms with Crippen LogP contribution < -0.4 is 11.3 Å². The summed E-state index contributed by atoms with van der Waals surface area (Å²) in [5, 5.41) is 0. The van der Waals surface area contributed by atoms with E-state index in [1.807, 2.05) is 24.5 Å². The lowest BCUT2D eigenvalue weighted by atomic mass is 9.80. The number of nitrogens with zero attached hydrogens (tertiary/aromatic N) is 1. The van der Waals surface area contributed by atoms with Crippen LogP contribution in [0.4, 0.5) is 0 Å². The Bertz CT molecular complexity index is 417. The van der Waals surface area contributed by atoms with E-state index in [-0.39, 0.29) is 17.2 Å². The third-order valence-corrected chi connectivity index (χ3v) is 4.05. The molecule has 4 nitrogen and oxygen atoms in total. The molecule has 0 spiro atoms. The first kappa shape index (κ1) is 14.4. The Hall–Kier alpha value is -0.970. The molecule has 2 heterocycles. The van der Waals surface area contributed by atoms with Gasteiger partial charge in [0.25, 0.3) is 0 Å². The summed E-state index contributed by atoms with van der Waals surface area (Å²) in [6.45, 7) is 8.61. The van der Waals surface area contributed by atoms with Gasteiger partial charge in [0.05, 0.1) is 11.2 Å². The van der Waals surface area contributed by atoms with E-state index >= 15 is 0 Å². The Morgan fingerprint density at radius 1 is 1.37 bits per heavy atom. The number of nitrogens with two attached hydrogens (primary N) is 1. The van der Waals surface area contributed by atoms with Crippen molar-refractivity contribution in [3.05, 3.63) is 30.1 Å². The van der Waals surface area contributed by atoms with Crippen LogP contribution in [0.3, 0.4) is 0 Å². The lowest BCUT2D eigenvalue weighted by Gasteiger charge is -2.32. The molecule has 106 valence electrons. The van der Waals surface area contributed by atoms with Crippen molar-refractivity contribution < 1.29 is 4.74 Å². The van der Waals surface area contributed by atoms with Crippen molar-refractivity contribution in [1.82, 2.24) is 10.4 Å². The quantitative estimate of drug-likeness (QED) is 0.645. The van der Waals surface area contributed by atoms with Crippen LogP contribution in [0.25, 0.3) is 0 Å². The minimum absolute atomic E-state index is 0.0818. The molecular weight excluding hydrogens is 238 g/mol. The summed E-state index contributed by atoms with van der Waals surface area (Å²) in [6.07, 6.45) is 5.55. The summed E-state index contributed by atoms with van der Waals surface area (Å²) in [7, 11) is 0. The molecular formula is C15H25N3O. The summed E-state index contributed by atoms with van der Waals surface area (Å²) in [5.74, 6) is 6.18. The van der Waals surface area contributed by atoms with Gasteiger partial charge in [0, 0.05) is 24.4 Å². The molecule has 4 heteroatoms. The van der Waals surface area contributed by atoms with Gasteiger partial charge in [-0.05, 0) is 58.2 Å². The zero-order valence-corrected chi connectivity index (χ0v) is 12.3. The van der Waals surface area contributed by atoms with Crippen LogP contribution in [0.1, 0.15) is 39.7 Å². The highest BCUT2D eigenvalue weighted by Crippen LogP contribution is 2.43. The molecule has 0 bridgehead atoms. The molecule has 1 fully saturated rings. The zero-order valence-electron chi connectivity index (χ0n) is 12.3. The second kappa shape index (κ2) is 5.19. The standard InChI is InChI=1S/C15H25N3O/c1-14(2)10-12(15(3,4)19-14)13(18-16)9-11-5-7-17-8-6-11/h5-8,12-13,18H,9-10,16H2,1-4H3. The van der Waals surface area contributed by atoms with Crippen LogP contribution in [-0.4, -0.2) is 22.2 Å². The molecule has 1 aromatic rings. The van der Waals surface area contributed by atoms with E-state index in [4.69, 9.17) is 10.6 Å². The van der Waals surface area contributed by atoms with Crippen molar-refractivity contribution in [1.29, 1.82) is 0 Å². The molecule has 1 saturated heterocycles. The van der Waals surface area contributed by atoms with E-state index in [1.165, 1.54) is 5.56 Å². The third-order valence-electron chi connectivity index (χ3n) is 4.05. The van der Waals surface area contributed by atoms with Gasteiger partial charge in [-0.15, -0.1) is 0 Å². The number of hydrogen-bond donors (Lipinski definition) is 2. The van der Waals surface area contributed by atoms with Gasteiger partial charge in [-0.25, -0.2) is 0 Å². The Kier molecular flexibility index (Phi) is 3.95. The van der Waals surface area contributed by atoms with Crippen molar-refractivity contribution in [2.45, 2.75) is 57.8 Å². The van der Waals surface area contributed by atoms with E-state index in [0.29, 0.717) is 5.92 Å². The molecule has 0 saturated carbocycles. The summed E-state index contributed by atoms with van der Waals surface area (Å²) in [6, 6.07) is 4.29. The van der Waals surface area contributed by atoms with E-state index < -0.39 is 0 Å². The highest BCUT2D eigenvalue weighted by molar-refractivity contribution is 5.13. The van der Waals surface area contributed by atoms with Gasteiger partial charge in [-0.2, -0.15) is 0 Å². The maximum absolute atomic E-state index is 6.16.